The van der Waals surface area contributed by atoms with E-state index >= 15 is 0 Å². The summed E-state index contributed by atoms with van der Waals surface area (Å²) in [4.78, 5) is 17.8. The lowest BCUT2D eigenvalue weighted by Crippen LogP contribution is -2.42. The van der Waals surface area contributed by atoms with E-state index in [9.17, 15) is 4.79 Å². The SMILES string of the molecule is O=C1C(Br)CCCN1CCCCn1ccnc1. The Balaban J connectivity index is 1.66. The van der Waals surface area contributed by atoms with Crippen LogP contribution in [-0.4, -0.2) is 38.3 Å². The van der Waals surface area contributed by atoms with E-state index in [1.807, 2.05) is 17.4 Å². The number of amides is 1. The molecule has 1 aliphatic heterocycles. The highest BCUT2D eigenvalue weighted by molar-refractivity contribution is 9.10. The van der Waals surface area contributed by atoms with Crippen molar-refractivity contribution in [3.8, 4) is 0 Å². The molecule has 17 heavy (non-hydrogen) atoms. The lowest BCUT2D eigenvalue weighted by molar-refractivity contribution is -0.132. The minimum Gasteiger partial charge on any atom is -0.342 e. The predicted molar refractivity (Wildman–Crippen MR) is 70.0 cm³/mol. The number of unbranched alkanes of at least 4 members (excludes halogenated alkanes) is 1. The molecule has 0 N–H and O–H groups in total. The number of carbonyl (C=O) groups excluding carboxylic acids is 1. The number of aryl methyl sites for hydroxylation is 1. The van der Waals surface area contributed by atoms with Crippen LogP contribution >= 0.6 is 15.9 Å². The van der Waals surface area contributed by atoms with Gasteiger partial charge in [0.15, 0.2) is 0 Å². The van der Waals surface area contributed by atoms with Crippen LogP contribution in [0.3, 0.4) is 0 Å². The number of rotatable bonds is 5. The Labute approximate surface area is 110 Å². The van der Waals surface area contributed by atoms with Crippen molar-refractivity contribution in [3.05, 3.63) is 18.7 Å². The fourth-order valence-electron chi connectivity index (χ4n) is 2.13. The smallest absolute Gasteiger partial charge is 0.236 e. The van der Waals surface area contributed by atoms with Gasteiger partial charge < -0.3 is 9.47 Å². The van der Waals surface area contributed by atoms with E-state index in [-0.39, 0.29) is 10.7 Å². The molecule has 1 unspecified atom stereocenters. The zero-order chi connectivity index (χ0) is 12.1. The van der Waals surface area contributed by atoms with Crippen LogP contribution in [0.4, 0.5) is 0 Å². The molecular formula is C12H18BrN3O. The van der Waals surface area contributed by atoms with Crippen molar-refractivity contribution in [3.63, 3.8) is 0 Å². The zero-order valence-corrected chi connectivity index (χ0v) is 11.5. The number of carbonyl (C=O) groups is 1. The molecule has 1 aromatic heterocycles. The van der Waals surface area contributed by atoms with E-state index in [1.165, 1.54) is 0 Å². The molecule has 2 heterocycles. The van der Waals surface area contributed by atoms with Crippen molar-refractivity contribution in [1.82, 2.24) is 14.5 Å². The van der Waals surface area contributed by atoms with E-state index in [0.717, 1.165) is 45.3 Å². The van der Waals surface area contributed by atoms with Crippen molar-refractivity contribution >= 4 is 21.8 Å². The number of aromatic nitrogens is 2. The molecule has 0 radical (unpaired) electrons. The molecule has 1 aromatic rings. The fourth-order valence-corrected chi connectivity index (χ4v) is 2.74. The molecule has 1 atom stereocenters. The monoisotopic (exact) mass is 299 g/mol. The molecule has 0 saturated carbocycles. The average molecular weight is 300 g/mol. The second-order valence-corrected chi connectivity index (χ2v) is 5.55. The summed E-state index contributed by atoms with van der Waals surface area (Å²) < 4.78 is 2.07. The highest BCUT2D eigenvalue weighted by Gasteiger charge is 2.25. The maximum atomic E-state index is 11.8. The van der Waals surface area contributed by atoms with Crippen LogP contribution in [0.15, 0.2) is 18.7 Å². The van der Waals surface area contributed by atoms with Crippen LogP contribution in [0.5, 0.6) is 0 Å². The summed E-state index contributed by atoms with van der Waals surface area (Å²) in [7, 11) is 0. The van der Waals surface area contributed by atoms with Crippen LogP contribution in [0, 0.1) is 0 Å². The van der Waals surface area contributed by atoms with Gasteiger partial charge in [-0.2, -0.15) is 0 Å². The Bertz CT molecular complexity index is 353. The van der Waals surface area contributed by atoms with Crippen molar-refractivity contribution in [2.45, 2.75) is 37.1 Å². The molecule has 0 bridgehead atoms. The highest BCUT2D eigenvalue weighted by Crippen LogP contribution is 2.18. The molecule has 0 aromatic carbocycles. The highest BCUT2D eigenvalue weighted by atomic mass is 79.9. The molecule has 94 valence electrons. The summed E-state index contributed by atoms with van der Waals surface area (Å²) in [6.45, 7) is 2.79. The summed E-state index contributed by atoms with van der Waals surface area (Å²) >= 11 is 3.43. The Morgan fingerprint density at radius 2 is 2.24 bits per heavy atom. The number of nitrogens with zero attached hydrogens (tertiary/aromatic N) is 3. The summed E-state index contributed by atoms with van der Waals surface area (Å²) in [6, 6.07) is 0. The molecule has 0 aliphatic carbocycles. The summed E-state index contributed by atoms with van der Waals surface area (Å²) in [5.41, 5.74) is 0. The van der Waals surface area contributed by atoms with Gasteiger partial charge in [-0.1, -0.05) is 15.9 Å². The standard InChI is InChI=1S/C12H18BrN3O/c13-11-4-3-8-16(12(11)17)7-2-1-6-15-9-5-14-10-15/h5,9-11H,1-4,6-8H2. The molecule has 0 spiro atoms. The van der Waals surface area contributed by atoms with Gasteiger partial charge in [0.05, 0.1) is 11.2 Å². The first-order valence-electron chi connectivity index (χ1n) is 6.16. The van der Waals surface area contributed by atoms with Crippen molar-refractivity contribution in [2.75, 3.05) is 13.1 Å². The van der Waals surface area contributed by atoms with Crippen molar-refractivity contribution in [2.24, 2.45) is 0 Å². The molecule has 2 rings (SSSR count). The minimum absolute atomic E-state index is 0.0462. The summed E-state index contributed by atoms with van der Waals surface area (Å²) in [5.74, 6) is 0.263. The predicted octanol–water partition coefficient (Wildman–Crippen LogP) is 2.05. The van der Waals surface area contributed by atoms with Crippen molar-refractivity contribution in [1.29, 1.82) is 0 Å². The van der Waals surface area contributed by atoms with Gasteiger partial charge in [-0.3, -0.25) is 4.79 Å². The van der Waals surface area contributed by atoms with E-state index < -0.39 is 0 Å². The van der Waals surface area contributed by atoms with Gasteiger partial charge in [0.25, 0.3) is 0 Å². The maximum absolute atomic E-state index is 11.8. The Kier molecular flexibility index (Phi) is 4.59. The lowest BCUT2D eigenvalue weighted by atomic mass is 10.1. The number of likely N-dealkylation sites (tertiary alicyclic amines) is 1. The minimum atomic E-state index is 0.0462. The number of imidazole rings is 1. The Morgan fingerprint density at radius 1 is 1.41 bits per heavy atom. The molecular weight excluding hydrogens is 282 g/mol. The molecule has 1 saturated heterocycles. The Morgan fingerprint density at radius 3 is 3.00 bits per heavy atom. The topological polar surface area (TPSA) is 38.1 Å². The number of halogens is 1. The van der Waals surface area contributed by atoms with Crippen LogP contribution in [0.2, 0.25) is 0 Å². The van der Waals surface area contributed by atoms with Crippen LogP contribution in [0.25, 0.3) is 0 Å². The van der Waals surface area contributed by atoms with Crippen LogP contribution in [0.1, 0.15) is 25.7 Å². The van der Waals surface area contributed by atoms with Gasteiger partial charge in [0.1, 0.15) is 0 Å². The molecule has 4 nitrogen and oxygen atoms in total. The van der Waals surface area contributed by atoms with Gasteiger partial charge >= 0.3 is 0 Å². The third-order valence-electron chi connectivity index (χ3n) is 3.12. The van der Waals surface area contributed by atoms with E-state index in [4.69, 9.17) is 0 Å². The normalized spacial score (nSPS) is 20.9. The van der Waals surface area contributed by atoms with Gasteiger partial charge in [-0.05, 0) is 25.7 Å². The second kappa shape index (κ2) is 6.19. The van der Waals surface area contributed by atoms with E-state index in [1.54, 1.807) is 6.20 Å². The quantitative estimate of drug-likeness (QED) is 0.616. The van der Waals surface area contributed by atoms with E-state index in [2.05, 4.69) is 25.5 Å². The first-order chi connectivity index (χ1) is 8.27. The summed E-state index contributed by atoms with van der Waals surface area (Å²) in [6.07, 6.45) is 9.84. The maximum Gasteiger partial charge on any atom is 0.236 e. The molecule has 5 heteroatoms. The molecule has 1 aliphatic rings. The average Bonchev–Trinajstić information content (AvgIpc) is 2.83. The largest absolute Gasteiger partial charge is 0.342 e. The lowest BCUT2D eigenvalue weighted by Gasteiger charge is -2.29. The van der Waals surface area contributed by atoms with Crippen molar-refractivity contribution < 1.29 is 4.79 Å². The van der Waals surface area contributed by atoms with Gasteiger partial charge in [-0.25, -0.2) is 4.98 Å². The van der Waals surface area contributed by atoms with Gasteiger partial charge in [0, 0.05) is 32.0 Å². The molecule has 1 fully saturated rings. The van der Waals surface area contributed by atoms with Crippen LogP contribution < -0.4 is 0 Å². The van der Waals surface area contributed by atoms with E-state index in [0.29, 0.717) is 0 Å². The van der Waals surface area contributed by atoms with Gasteiger partial charge in [0.2, 0.25) is 5.91 Å². The second-order valence-electron chi connectivity index (χ2n) is 4.44. The first kappa shape index (κ1) is 12.6. The number of hydrogen-bond donors (Lipinski definition) is 0. The first-order valence-corrected chi connectivity index (χ1v) is 7.07. The fraction of sp³-hybridized carbons (Fsp3) is 0.667. The number of piperidine rings is 1. The summed E-state index contributed by atoms with van der Waals surface area (Å²) in [5, 5.41) is 0. The molecule has 1 amide bonds. The number of hydrogen-bond acceptors (Lipinski definition) is 2. The van der Waals surface area contributed by atoms with Gasteiger partial charge in [-0.15, -0.1) is 0 Å². The third kappa shape index (κ3) is 3.56. The van der Waals surface area contributed by atoms with Crippen LogP contribution in [-0.2, 0) is 11.3 Å². The third-order valence-corrected chi connectivity index (χ3v) is 3.97. The Hall–Kier alpha value is -0.840. The number of alkyl halides is 1. The zero-order valence-electron chi connectivity index (χ0n) is 9.89.